The van der Waals surface area contributed by atoms with Gasteiger partial charge in [-0.2, -0.15) is 0 Å². The van der Waals surface area contributed by atoms with Crippen LogP contribution in [0.1, 0.15) is 19.3 Å². The minimum absolute atomic E-state index is 0.00266. The molecule has 0 radical (unpaired) electrons. The van der Waals surface area contributed by atoms with E-state index in [-0.39, 0.29) is 23.5 Å². The van der Waals surface area contributed by atoms with Crippen molar-refractivity contribution >= 4 is 17.7 Å². The highest BCUT2D eigenvalue weighted by Crippen LogP contribution is 2.48. The number of carboxylic acid groups (broad SMARTS) is 1. The minimum atomic E-state index is -0.872. The van der Waals surface area contributed by atoms with Crippen LogP contribution in [-0.2, 0) is 14.4 Å². The van der Waals surface area contributed by atoms with Crippen LogP contribution in [-0.4, -0.2) is 40.8 Å². The van der Waals surface area contributed by atoms with Gasteiger partial charge in [-0.05, 0) is 18.3 Å². The van der Waals surface area contributed by atoms with Gasteiger partial charge in [-0.3, -0.25) is 14.4 Å². The van der Waals surface area contributed by atoms with Gasteiger partial charge in [-0.25, -0.2) is 0 Å². The second-order valence-corrected chi connectivity index (χ2v) is 5.70. The highest BCUT2D eigenvalue weighted by molar-refractivity contribution is 5.88. The molecule has 1 aliphatic heterocycles. The quantitative estimate of drug-likeness (QED) is 0.744. The predicted octanol–water partition coefficient (Wildman–Crippen LogP) is 0.701. The number of piperidine rings is 1. The Morgan fingerprint density at radius 3 is 2.26 bits per heavy atom. The molecule has 1 amide bonds. The van der Waals surface area contributed by atoms with E-state index < -0.39 is 17.8 Å². The summed E-state index contributed by atoms with van der Waals surface area (Å²) in [6.45, 7) is 0.892. The lowest BCUT2D eigenvalue weighted by molar-refractivity contribution is -0.151. The maximum absolute atomic E-state index is 12.5. The lowest BCUT2D eigenvalue weighted by Crippen LogP contribution is -2.46. The Hall–Kier alpha value is -1.65. The van der Waals surface area contributed by atoms with Crippen LogP contribution in [0.5, 0.6) is 0 Å². The SMILES string of the molecule is O=C1CCN(C(=O)C2C3C=CC(C3)C2C(=O)O)CC1. The van der Waals surface area contributed by atoms with Crippen LogP contribution in [0, 0.1) is 23.7 Å². The molecule has 0 spiro atoms. The number of nitrogens with zero attached hydrogens (tertiary/aromatic N) is 1. The van der Waals surface area contributed by atoms with Crippen molar-refractivity contribution in [3.05, 3.63) is 12.2 Å². The number of rotatable bonds is 2. The highest BCUT2D eigenvalue weighted by atomic mass is 16.4. The number of hydrogen-bond acceptors (Lipinski definition) is 3. The third-order valence-corrected chi connectivity index (χ3v) is 4.66. The van der Waals surface area contributed by atoms with Gasteiger partial charge in [0.2, 0.25) is 5.91 Å². The number of carboxylic acids is 1. The minimum Gasteiger partial charge on any atom is -0.481 e. The number of allylic oxidation sites excluding steroid dienone is 2. The average molecular weight is 263 g/mol. The maximum Gasteiger partial charge on any atom is 0.307 e. The number of likely N-dealkylation sites (tertiary alicyclic amines) is 1. The van der Waals surface area contributed by atoms with Crippen molar-refractivity contribution in [3.8, 4) is 0 Å². The summed E-state index contributed by atoms with van der Waals surface area (Å²) in [5.41, 5.74) is 0. The number of Topliss-reactive ketones (excluding diaryl/α,β-unsaturated/α-hetero) is 1. The molecule has 19 heavy (non-hydrogen) atoms. The van der Waals surface area contributed by atoms with Crippen LogP contribution in [0.3, 0.4) is 0 Å². The zero-order valence-electron chi connectivity index (χ0n) is 10.6. The van der Waals surface area contributed by atoms with Crippen molar-refractivity contribution in [2.75, 3.05) is 13.1 Å². The monoisotopic (exact) mass is 263 g/mol. The number of ketones is 1. The molecule has 2 aliphatic carbocycles. The number of aliphatic carboxylic acids is 1. The molecule has 1 saturated heterocycles. The molecule has 2 fully saturated rings. The molecule has 1 saturated carbocycles. The van der Waals surface area contributed by atoms with E-state index in [1.165, 1.54) is 0 Å². The van der Waals surface area contributed by atoms with Gasteiger partial charge >= 0.3 is 5.97 Å². The summed E-state index contributed by atoms with van der Waals surface area (Å²) < 4.78 is 0. The zero-order valence-corrected chi connectivity index (χ0v) is 10.6. The van der Waals surface area contributed by atoms with Gasteiger partial charge < -0.3 is 10.0 Å². The molecule has 4 atom stereocenters. The zero-order chi connectivity index (χ0) is 13.6. The Kier molecular flexibility index (Phi) is 2.92. The summed E-state index contributed by atoms with van der Waals surface area (Å²) >= 11 is 0. The van der Waals surface area contributed by atoms with Crippen molar-refractivity contribution in [3.63, 3.8) is 0 Å². The van der Waals surface area contributed by atoms with Gasteiger partial charge in [-0.1, -0.05) is 12.2 Å². The van der Waals surface area contributed by atoms with E-state index in [1.807, 2.05) is 12.2 Å². The van der Waals surface area contributed by atoms with Crippen molar-refractivity contribution in [2.24, 2.45) is 23.7 Å². The first kappa shape index (κ1) is 12.4. The second kappa shape index (κ2) is 4.47. The van der Waals surface area contributed by atoms with Gasteiger partial charge in [0.1, 0.15) is 5.78 Å². The summed E-state index contributed by atoms with van der Waals surface area (Å²) in [5, 5.41) is 9.34. The van der Waals surface area contributed by atoms with E-state index in [9.17, 15) is 19.5 Å². The largest absolute Gasteiger partial charge is 0.481 e. The van der Waals surface area contributed by atoms with Crippen LogP contribution in [0.25, 0.3) is 0 Å². The number of hydrogen-bond donors (Lipinski definition) is 1. The highest BCUT2D eigenvalue weighted by Gasteiger charge is 2.52. The molecular weight excluding hydrogens is 246 g/mol. The molecule has 5 heteroatoms. The standard InChI is InChI=1S/C14H17NO4/c16-10-3-5-15(6-4-10)13(17)11-8-1-2-9(7-8)12(11)14(18)19/h1-2,8-9,11-12H,3-7H2,(H,18,19). The van der Waals surface area contributed by atoms with Crippen molar-refractivity contribution in [1.82, 2.24) is 4.90 Å². The van der Waals surface area contributed by atoms with Crippen LogP contribution >= 0.6 is 0 Å². The van der Waals surface area contributed by atoms with E-state index in [1.54, 1.807) is 4.90 Å². The Morgan fingerprint density at radius 2 is 1.68 bits per heavy atom. The Morgan fingerprint density at radius 1 is 1.11 bits per heavy atom. The number of fused-ring (bicyclic) bond motifs is 2. The summed E-state index contributed by atoms with van der Waals surface area (Å²) in [4.78, 5) is 36.8. The van der Waals surface area contributed by atoms with Crippen molar-refractivity contribution < 1.29 is 19.5 Å². The smallest absolute Gasteiger partial charge is 0.307 e. The fourth-order valence-corrected chi connectivity index (χ4v) is 3.68. The fourth-order valence-electron chi connectivity index (χ4n) is 3.68. The lowest BCUT2D eigenvalue weighted by Gasteiger charge is -2.32. The fraction of sp³-hybridized carbons (Fsp3) is 0.643. The van der Waals surface area contributed by atoms with Crippen LogP contribution in [0.15, 0.2) is 12.2 Å². The maximum atomic E-state index is 12.5. The van der Waals surface area contributed by atoms with Crippen LogP contribution in [0.4, 0.5) is 0 Å². The molecule has 4 unspecified atom stereocenters. The molecule has 1 N–H and O–H groups in total. The van der Waals surface area contributed by atoms with Crippen molar-refractivity contribution in [2.45, 2.75) is 19.3 Å². The van der Waals surface area contributed by atoms with E-state index in [4.69, 9.17) is 0 Å². The third kappa shape index (κ3) is 1.97. The van der Waals surface area contributed by atoms with Gasteiger partial charge in [0.15, 0.2) is 0 Å². The first-order valence-corrected chi connectivity index (χ1v) is 6.79. The Bertz CT molecular complexity index is 460. The topological polar surface area (TPSA) is 74.7 Å². The molecule has 2 bridgehead atoms. The lowest BCUT2D eigenvalue weighted by atomic mass is 9.82. The van der Waals surface area contributed by atoms with E-state index in [0.29, 0.717) is 25.9 Å². The molecule has 5 nitrogen and oxygen atoms in total. The predicted molar refractivity (Wildman–Crippen MR) is 66.2 cm³/mol. The summed E-state index contributed by atoms with van der Waals surface area (Å²) in [6, 6.07) is 0. The summed E-state index contributed by atoms with van der Waals surface area (Å²) in [6.07, 6.45) is 5.51. The molecular formula is C14H17NO4. The van der Waals surface area contributed by atoms with E-state index >= 15 is 0 Å². The molecule has 3 aliphatic rings. The second-order valence-electron chi connectivity index (χ2n) is 5.70. The van der Waals surface area contributed by atoms with Gasteiger partial charge in [0.05, 0.1) is 11.8 Å². The molecule has 3 rings (SSSR count). The van der Waals surface area contributed by atoms with Crippen LogP contribution < -0.4 is 0 Å². The summed E-state index contributed by atoms with van der Waals surface area (Å²) in [7, 11) is 0. The summed E-state index contributed by atoms with van der Waals surface area (Å²) in [5.74, 6) is -1.70. The van der Waals surface area contributed by atoms with Crippen LogP contribution in [0.2, 0.25) is 0 Å². The first-order valence-electron chi connectivity index (χ1n) is 6.79. The molecule has 1 heterocycles. The van der Waals surface area contributed by atoms with Crippen molar-refractivity contribution in [1.29, 1.82) is 0 Å². The number of carbonyl (C=O) groups is 3. The molecule has 0 aromatic carbocycles. The van der Waals surface area contributed by atoms with Gasteiger partial charge in [0.25, 0.3) is 0 Å². The Labute approximate surface area is 111 Å². The average Bonchev–Trinajstić information content (AvgIpc) is 2.98. The molecule has 102 valence electrons. The van der Waals surface area contributed by atoms with E-state index in [2.05, 4.69) is 0 Å². The molecule has 0 aromatic heterocycles. The number of amides is 1. The number of carbonyl (C=O) groups excluding carboxylic acids is 2. The molecule has 0 aromatic rings. The van der Waals surface area contributed by atoms with Gasteiger partial charge in [-0.15, -0.1) is 0 Å². The van der Waals surface area contributed by atoms with Gasteiger partial charge in [0, 0.05) is 25.9 Å². The van der Waals surface area contributed by atoms with E-state index in [0.717, 1.165) is 6.42 Å². The Balaban J connectivity index is 1.77. The normalized spacial score (nSPS) is 36.8. The first-order chi connectivity index (χ1) is 9.08. The third-order valence-electron chi connectivity index (χ3n) is 4.66.